The summed E-state index contributed by atoms with van der Waals surface area (Å²) in [6, 6.07) is 15.2. The minimum absolute atomic E-state index is 0.0694. The number of rotatable bonds is 3. The first kappa shape index (κ1) is 19.5. The zero-order valence-corrected chi connectivity index (χ0v) is 16.9. The number of benzene rings is 2. The van der Waals surface area contributed by atoms with E-state index in [0.717, 1.165) is 11.1 Å². The summed E-state index contributed by atoms with van der Waals surface area (Å²) >= 11 is 0. The molecule has 0 amide bonds. The molecule has 5 rings (SSSR count). The zero-order chi connectivity index (χ0) is 20.9. The monoisotopic (exact) mass is 408 g/mol. The van der Waals surface area contributed by atoms with E-state index in [4.69, 9.17) is 18.9 Å². The van der Waals surface area contributed by atoms with E-state index in [1.54, 1.807) is 26.0 Å². The molecule has 0 spiro atoms. The highest BCUT2D eigenvalue weighted by Crippen LogP contribution is 2.38. The van der Waals surface area contributed by atoms with Crippen LogP contribution in [0.1, 0.15) is 47.9 Å². The summed E-state index contributed by atoms with van der Waals surface area (Å²) < 4.78 is 23.3. The third kappa shape index (κ3) is 3.56. The number of carbonyl (C=O) groups is 1. The molecule has 2 aromatic rings. The molecule has 1 unspecified atom stereocenters. The predicted octanol–water partition coefficient (Wildman–Crippen LogP) is 3.64. The fraction of sp³-hybridized carbons (Fsp3) is 0.375. The Balaban J connectivity index is 1.32. The van der Waals surface area contributed by atoms with Crippen molar-refractivity contribution in [1.82, 2.24) is 0 Å². The van der Waals surface area contributed by atoms with E-state index in [1.165, 1.54) is 0 Å². The Kier molecular flexibility index (Phi) is 4.75. The van der Waals surface area contributed by atoms with Gasteiger partial charge in [-0.15, -0.1) is 0 Å². The van der Waals surface area contributed by atoms with E-state index < -0.39 is 30.4 Å². The lowest BCUT2D eigenvalue weighted by Gasteiger charge is -2.26. The number of aliphatic hydroxyl groups is 1. The van der Waals surface area contributed by atoms with Crippen LogP contribution in [0.3, 0.4) is 0 Å². The van der Waals surface area contributed by atoms with Crippen LogP contribution in [0.15, 0.2) is 54.6 Å². The normalized spacial score (nSPS) is 32.1. The number of Topliss-reactive ketones (excluding diaryl/α,β-unsaturated/α-hetero) is 1. The van der Waals surface area contributed by atoms with Crippen molar-refractivity contribution >= 4 is 11.9 Å². The summed E-state index contributed by atoms with van der Waals surface area (Å²) in [4.78, 5) is 12.6. The summed E-state index contributed by atoms with van der Waals surface area (Å²) in [6.45, 7) is 3.59. The van der Waals surface area contributed by atoms with Crippen molar-refractivity contribution in [2.75, 3.05) is 0 Å². The van der Waals surface area contributed by atoms with Gasteiger partial charge in [-0.2, -0.15) is 0 Å². The Morgan fingerprint density at radius 2 is 1.90 bits per heavy atom. The topological polar surface area (TPSA) is 74.2 Å². The standard InChI is InChI=1S/C24H24O6/c1-24(2)29-22-21(26)18(28-23(22)30-24)11-9-14-8-10-16-17(25)13-19(27-20(16)12-14)15-6-4-3-5-7-15/h3-12,18-19,21-23,26H,13H2,1-2H3/b11-9+/t18-,19?,21+,22-,23-/m1/s1. The molecule has 0 bridgehead atoms. The van der Waals surface area contributed by atoms with E-state index in [1.807, 2.05) is 48.5 Å². The van der Waals surface area contributed by atoms with Gasteiger partial charge in [0.15, 0.2) is 17.9 Å². The predicted molar refractivity (Wildman–Crippen MR) is 109 cm³/mol. The van der Waals surface area contributed by atoms with Gasteiger partial charge in [0.2, 0.25) is 0 Å². The summed E-state index contributed by atoms with van der Waals surface area (Å²) in [6.07, 6.45) is 1.23. The first-order valence-electron chi connectivity index (χ1n) is 10.2. The molecule has 3 aliphatic heterocycles. The summed E-state index contributed by atoms with van der Waals surface area (Å²) in [5.74, 6) is -0.122. The Morgan fingerprint density at radius 3 is 2.67 bits per heavy atom. The van der Waals surface area contributed by atoms with Gasteiger partial charge in [0, 0.05) is 0 Å². The van der Waals surface area contributed by atoms with Gasteiger partial charge in [-0.3, -0.25) is 4.79 Å². The molecule has 2 aromatic carbocycles. The molecule has 5 atom stereocenters. The summed E-state index contributed by atoms with van der Waals surface area (Å²) in [5.41, 5.74) is 2.43. The second kappa shape index (κ2) is 7.32. The van der Waals surface area contributed by atoms with Crippen LogP contribution >= 0.6 is 0 Å². The highest BCUT2D eigenvalue weighted by atomic mass is 16.8. The van der Waals surface area contributed by atoms with Gasteiger partial charge in [-0.1, -0.05) is 48.6 Å². The Labute approximate surface area is 175 Å². The van der Waals surface area contributed by atoms with Gasteiger partial charge in [0.1, 0.15) is 30.2 Å². The van der Waals surface area contributed by atoms with Crippen LogP contribution in [-0.2, 0) is 14.2 Å². The molecule has 3 aliphatic rings. The van der Waals surface area contributed by atoms with E-state index >= 15 is 0 Å². The van der Waals surface area contributed by atoms with Gasteiger partial charge >= 0.3 is 0 Å². The molecule has 1 N–H and O–H groups in total. The molecular formula is C24H24O6. The maximum Gasteiger partial charge on any atom is 0.190 e. The number of fused-ring (bicyclic) bond motifs is 2. The molecule has 6 nitrogen and oxygen atoms in total. The summed E-state index contributed by atoms with van der Waals surface area (Å²) in [7, 11) is 0. The van der Waals surface area contributed by atoms with Crippen LogP contribution in [0.4, 0.5) is 0 Å². The van der Waals surface area contributed by atoms with Gasteiger partial charge in [0.25, 0.3) is 0 Å². The van der Waals surface area contributed by atoms with Crippen molar-refractivity contribution in [2.24, 2.45) is 0 Å². The lowest BCUT2D eigenvalue weighted by molar-refractivity contribution is -0.209. The largest absolute Gasteiger partial charge is 0.484 e. The van der Waals surface area contributed by atoms with Crippen LogP contribution in [-0.4, -0.2) is 41.3 Å². The average molecular weight is 408 g/mol. The number of carbonyl (C=O) groups excluding carboxylic acids is 1. The highest BCUT2D eigenvalue weighted by molar-refractivity contribution is 6.00. The lowest BCUT2D eigenvalue weighted by atomic mass is 9.95. The van der Waals surface area contributed by atoms with Crippen molar-refractivity contribution in [3.05, 3.63) is 71.3 Å². The average Bonchev–Trinajstić information content (AvgIpc) is 3.18. The molecule has 156 valence electrons. The number of ketones is 1. The minimum Gasteiger partial charge on any atom is -0.484 e. The van der Waals surface area contributed by atoms with Crippen LogP contribution < -0.4 is 4.74 Å². The first-order chi connectivity index (χ1) is 14.4. The van der Waals surface area contributed by atoms with E-state index in [2.05, 4.69) is 0 Å². The quantitative estimate of drug-likeness (QED) is 0.836. The zero-order valence-electron chi connectivity index (χ0n) is 16.9. The maximum atomic E-state index is 12.6. The number of ether oxygens (including phenoxy) is 4. The Morgan fingerprint density at radius 1 is 1.10 bits per heavy atom. The molecule has 0 radical (unpaired) electrons. The number of hydrogen-bond acceptors (Lipinski definition) is 6. The molecule has 3 heterocycles. The Bertz CT molecular complexity index is 982. The molecule has 0 aromatic heterocycles. The summed E-state index contributed by atoms with van der Waals surface area (Å²) in [5, 5.41) is 10.5. The smallest absolute Gasteiger partial charge is 0.190 e. The molecule has 2 saturated heterocycles. The Hall–Kier alpha value is -2.51. The second-order valence-electron chi connectivity index (χ2n) is 8.32. The number of hydrogen-bond donors (Lipinski definition) is 1. The van der Waals surface area contributed by atoms with Crippen LogP contribution in [0.2, 0.25) is 0 Å². The van der Waals surface area contributed by atoms with E-state index in [-0.39, 0.29) is 11.9 Å². The van der Waals surface area contributed by atoms with Gasteiger partial charge in [0.05, 0.1) is 12.0 Å². The van der Waals surface area contributed by atoms with Crippen molar-refractivity contribution in [1.29, 1.82) is 0 Å². The molecule has 6 heteroatoms. The van der Waals surface area contributed by atoms with Gasteiger partial charge in [-0.25, -0.2) is 0 Å². The fourth-order valence-electron chi connectivity index (χ4n) is 4.18. The van der Waals surface area contributed by atoms with Crippen molar-refractivity contribution in [2.45, 2.75) is 56.8 Å². The molecular weight excluding hydrogens is 384 g/mol. The molecule has 0 saturated carbocycles. The molecule has 30 heavy (non-hydrogen) atoms. The maximum absolute atomic E-state index is 12.6. The van der Waals surface area contributed by atoms with Crippen LogP contribution in [0.5, 0.6) is 5.75 Å². The minimum atomic E-state index is -0.814. The van der Waals surface area contributed by atoms with Crippen molar-refractivity contribution in [3.8, 4) is 5.75 Å². The highest BCUT2D eigenvalue weighted by Gasteiger charge is 2.53. The first-order valence-corrected chi connectivity index (χ1v) is 10.2. The van der Waals surface area contributed by atoms with Crippen LogP contribution in [0.25, 0.3) is 6.08 Å². The van der Waals surface area contributed by atoms with Crippen molar-refractivity contribution in [3.63, 3.8) is 0 Å². The third-order valence-electron chi connectivity index (χ3n) is 5.65. The van der Waals surface area contributed by atoms with Crippen molar-refractivity contribution < 1.29 is 28.8 Å². The third-order valence-corrected chi connectivity index (χ3v) is 5.65. The SMILES string of the molecule is CC1(C)O[C@H]2O[C@H](/C=C/c3ccc4c(c3)OC(c3ccccc3)CC4=O)[C@H](O)[C@H]2O1. The lowest BCUT2D eigenvalue weighted by Crippen LogP contribution is -2.33. The van der Waals surface area contributed by atoms with Gasteiger partial charge in [-0.05, 0) is 37.1 Å². The number of aliphatic hydroxyl groups excluding tert-OH is 1. The van der Waals surface area contributed by atoms with E-state index in [9.17, 15) is 9.90 Å². The molecule has 0 aliphatic carbocycles. The van der Waals surface area contributed by atoms with E-state index in [0.29, 0.717) is 17.7 Å². The molecule has 2 fully saturated rings. The second-order valence-corrected chi connectivity index (χ2v) is 8.32. The van der Waals surface area contributed by atoms with Gasteiger partial charge < -0.3 is 24.1 Å². The fourth-order valence-corrected chi connectivity index (χ4v) is 4.18. The van der Waals surface area contributed by atoms with Crippen LogP contribution in [0, 0.1) is 0 Å².